The molecule has 124 valence electrons. The molecule has 0 aliphatic heterocycles. The lowest BCUT2D eigenvalue weighted by molar-refractivity contribution is 0.0929. The van der Waals surface area contributed by atoms with E-state index in [1.165, 1.54) is 16.8 Å². The zero-order chi connectivity index (χ0) is 17.3. The van der Waals surface area contributed by atoms with Crippen LogP contribution in [0.5, 0.6) is 0 Å². The molecule has 11 heteroatoms. The molecule has 3 rings (SSSR count). The van der Waals surface area contributed by atoms with Crippen LogP contribution in [-0.4, -0.2) is 36.1 Å². The minimum absolute atomic E-state index is 0.138. The van der Waals surface area contributed by atoms with E-state index in [4.69, 9.17) is 11.6 Å². The zero-order valence-electron chi connectivity index (χ0n) is 12.2. The van der Waals surface area contributed by atoms with Crippen LogP contribution < -0.4 is 11.0 Å². The van der Waals surface area contributed by atoms with E-state index in [1.54, 1.807) is 13.1 Å². The number of aromatic amines is 2. The van der Waals surface area contributed by atoms with Gasteiger partial charge in [-0.25, -0.2) is 19.0 Å². The molecule has 1 amide bonds. The normalized spacial score (nSPS) is 12.1. The van der Waals surface area contributed by atoms with Gasteiger partial charge in [-0.3, -0.25) is 9.78 Å². The van der Waals surface area contributed by atoms with E-state index in [9.17, 15) is 14.0 Å². The summed E-state index contributed by atoms with van der Waals surface area (Å²) >= 11 is 5.98. The van der Waals surface area contributed by atoms with Gasteiger partial charge in [0, 0.05) is 0 Å². The number of hydrogen-bond donors (Lipinski definition) is 3. The summed E-state index contributed by atoms with van der Waals surface area (Å²) in [6.45, 7) is 1.68. The van der Waals surface area contributed by atoms with Crippen molar-refractivity contribution in [3.05, 3.63) is 57.2 Å². The Morgan fingerprint density at radius 3 is 2.92 bits per heavy atom. The fourth-order valence-electron chi connectivity index (χ4n) is 1.98. The van der Waals surface area contributed by atoms with Crippen molar-refractivity contribution in [2.45, 2.75) is 13.0 Å². The molecule has 0 radical (unpaired) electrons. The zero-order valence-corrected chi connectivity index (χ0v) is 13.0. The number of rotatable bonds is 4. The lowest BCUT2D eigenvalue weighted by atomic mass is 10.2. The van der Waals surface area contributed by atoms with Crippen molar-refractivity contribution in [2.24, 2.45) is 0 Å². The molecule has 0 fully saturated rings. The fraction of sp³-hybridized carbons (Fsp3) is 0.154. The van der Waals surface area contributed by atoms with Crippen LogP contribution in [0.25, 0.3) is 5.69 Å². The molecule has 0 saturated carbocycles. The van der Waals surface area contributed by atoms with Crippen LogP contribution in [-0.2, 0) is 0 Å². The van der Waals surface area contributed by atoms with E-state index in [-0.39, 0.29) is 10.8 Å². The number of H-pyrrole nitrogens is 2. The molecule has 3 N–H and O–H groups in total. The van der Waals surface area contributed by atoms with Gasteiger partial charge in [0.1, 0.15) is 11.5 Å². The van der Waals surface area contributed by atoms with Gasteiger partial charge in [0.05, 0.1) is 22.9 Å². The molecule has 9 nitrogen and oxygen atoms in total. The van der Waals surface area contributed by atoms with Crippen LogP contribution >= 0.6 is 11.6 Å². The molecule has 1 aromatic carbocycles. The largest absolute Gasteiger partial charge is 0.341 e. The highest BCUT2D eigenvalue weighted by Crippen LogP contribution is 2.21. The minimum atomic E-state index is -0.579. The molecular weight excluding hydrogens is 341 g/mol. The van der Waals surface area contributed by atoms with E-state index in [2.05, 4.69) is 30.8 Å². The Bertz CT molecular complexity index is 948. The number of amides is 1. The van der Waals surface area contributed by atoms with Crippen molar-refractivity contribution in [1.82, 2.24) is 35.5 Å². The first-order chi connectivity index (χ1) is 11.4. The minimum Gasteiger partial charge on any atom is -0.341 e. The lowest BCUT2D eigenvalue weighted by Gasteiger charge is -2.09. The van der Waals surface area contributed by atoms with Gasteiger partial charge < -0.3 is 5.32 Å². The Labute approximate surface area is 138 Å². The number of benzene rings is 1. The van der Waals surface area contributed by atoms with Gasteiger partial charge in [-0.1, -0.05) is 16.8 Å². The molecule has 0 saturated heterocycles. The maximum atomic E-state index is 13.1. The number of nitrogens with zero attached hydrogens (tertiary/aromatic N) is 4. The molecule has 0 aliphatic carbocycles. The highest BCUT2D eigenvalue weighted by Gasteiger charge is 2.17. The van der Waals surface area contributed by atoms with Crippen molar-refractivity contribution < 1.29 is 9.18 Å². The summed E-state index contributed by atoms with van der Waals surface area (Å²) in [5.41, 5.74) is 0.318. The summed E-state index contributed by atoms with van der Waals surface area (Å²) in [4.78, 5) is 25.1. The SMILES string of the molecule is CC(NC(=O)c1n[nH]c(=O)[nH]1)c1cn(-c2ccc(F)cc2Cl)nn1. The second-order valence-corrected chi connectivity index (χ2v) is 5.31. The van der Waals surface area contributed by atoms with Crippen LogP contribution in [0.4, 0.5) is 4.39 Å². The highest BCUT2D eigenvalue weighted by molar-refractivity contribution is 6.32. The number of nitrogens with one attached hydrogen (secondary N) is 3. The monoisotopic (exact) mass is 351 g/mol. The third-order valence-electron chi connectivity index (χ3n) is 3.18. The molecule has 1 atom stereocenters. The summed E-state index contributed by atoms with van der Waals surface area (Å²) in [5.74, 6) is -1.17. The number of halogens is 2. The Morgan fingerprint density at radius 2 is 2.25 bits per heavy atom. The summed E-state index contributed by atoms with van der Waals surface area (Å²) in [5, 5.41) is 16.3. The first-order valence-corrected chi connectivity index (χ1v) is 7.15. The second kappa shape index (κ2) is 6.24. The van der Waals surface area contributed by atoms with Crippen LogP contribution in [0.2, 0.25) is 5.02 Å². The third-order valence-corrected chi connectivity index (χ3v) is 3.48. The molecule has 2 aromatic heterocycles. The van der Waals surface area contributed by atoms with Crippen molar-refractivity contribution in [1.29, 1.82) is 0 Å². The summed E-state index contributed by atoms with van der Waals surface area (Å²) < 4.78 is 14.5. The maximum Gasteiger partial charge on any atom is 0.341 e. The number of carbonyl (C=O) groups excluding carboxylic acids is 1. The van der Waals surface area contributed by atoms with Crippen molar-refractivity contribution >= 4 is 17.5 Å². The summed E-state index contributed by atoms with van der Waals surface area (Å²) in [7, 11) is 0. The topological polar surface area (TPSA) is 121 Å². The Kier molecular flexibility index (Phi) is 4.13. The molecule has 0 bridgehead atoms. The average molecular weight is 352 g/mol. The van der Waals surface area contributed by atoms with E-state index >= 15 is 0 Å². The third kappa shape index (κ3) is 3.18. The molecule has 0 spiro atoms. The predicted octanol–water partition coefficient (Wildman–Crippen LogP) is 0.962. The van der Waals surface area contributed by atoms with Crippen LogP contribution in [0.1, 0.15) is 29.3 Å². The van der Waals surface area contributed by atoms with Crippen LogP contribution in [0.15, 0.2) is 29.2 Å². The average Bonchev–Trinajstić information content (AvgIpc) is 3.16. The molecule has 1 unspecified atom stereocenters. The van der Waals surface area contributed by atoms with E-state index in [0.717, 1.165) is 6.07 Å². The second-order valence-electron chi connectivity index (χ2n) is 4.91. The van der Waals surface area contributed by atoms with Crippen molar-refractivity contribution in [3.8, 4) is 5.69 Å². The first kappa shape index (κ1) is 15.9. The number of hydrogen-bond acceptors (Lipinski definition) is 5. The van der Waals surface area contributed by atoms with Crippen molar-refractivity contribution in [3.63, 3.8) is 0 Å². The summed E-state index contributed by atoms with van der Waals surface area (Å²) in [6, 6.07) is 3.37. The summed E-state index contributed by atoms with van der Waals surface area (Å²) in [6.07, 6.45) is 1.55. The first-order valence-electron chi connectivity index (χ1n) is 6.77. The predicted molar refractivity (Wildman–Crippen MR) is 81.4 cm³/mol. The number of carbonyl (C=O) groups is 1. The van der Waals surface area contributed by atoms with Gasteiger partial charge in [-0.05, 0) is 25.1 Å². The standard InChI is InChI=1S/C13H11ClFN7O2/c1-6(16-12(23)11-17-13(24)20-19-11)9-5-22(21-18-9)10-3-2-7(15)4-8(10)14/h2-6H,1H3,(H,16,23)(H2,17,19,20,24). The van der Waals surface area contributed by atoms with Gasteiger partial charge in [0.15, 0.2) is 0 Å². The van der Waals surface area contributed by atoms with E-state index in [1.807, 2.05) is 0 Å². The molecule has 0 aliphatic rings. The van der Waals surface area contributed by atoms with Gasteiger partial charge >= 0.3 is 5.69 Å². The lowest BCUT2D eigenvalue weighted by Crippen LogP contribution is -2.28. The maximum absolute atomic E-state index is 13.1. The molecular formula is C13H11ClFN7O2. The fourth-order valence-corrected chi connectivity index (χ4v) is 2.23. The highest BCUT2D eigenvalue weighted by atomic mass is 35.5. The van der Waals surface area contributed by atoms with Gasteiger partial charge in [-0.2, -0.15) is 0 Å². The van der Waals surface area contributed by atoms with Gasteiger partial charge in [0.25, 0.3) is 5.91 Å². The Hall–Kier alpha value is -3.01. The van der Waals surface area contributed by atoms with Gasteiger partial charge in [-0.15, -0.1) is 10.2 Å². The Morgan fingerprint density at radius 1 is 1.46 bits per heavy atom. The molecule has 24 heavy (non-hydrogen) atoms. The van der Waals surface area contributed by atoms with Gasteiger partial charge in [0.2, 0.25) is 5.82 Å². The quantitative estimate of drug-likeness (QED) is 0.646. The van der Waals surface area contributed by atoms with E-state index in [0.29, 0.717) is 11.4 Å². The smallest absolute Gasteiger partial charge is 0.341 e. The number of aromatic nitrogens is 6. The van der Waals surface area contributed by atoms with Crippen LogP contribution in [0.3, 0.4) is 0 Å². The molecule has 2 heterocycles. The van der Waals surface area contributed by atoms with Crippen LogP contribution in [0, 0.1) is 5.82 Å². The molecule has 3 aromatic rings. The van der Waals surface area contributed by atoms with Crippen molar-refractivity contribution in [2.75, 3.05) is 0 Å². The van der Waals surface area contributed by atoms with E-state index < -0.39 is 23.5 Å². The Balaban J connectivity index is 1.77.